The molecular formula is C27H31NO5Se. The maximum atomic E-state index is 13.6. The molecule has 1 amide bonds. The summed E-state index contributed by atoms with van der Waals surface area (Å²) in [4.78, 5) is 28.3. The molecule has 0 radical (unpaired) electrons. The second kappa shape index (κ2) is 9.95. The first-order valence-corrected chi connectivity index (χ1v) is 13.2. The van der Waals surface area contributed by atoms with Crippen molar-refractivity contribution in [3.63, 3.8) is 0 Å². The van der Waals surface area contributed by atoms with Gasteiger partial charge in [0.2, 0.25) is 0 Å². The standard InChI is InChI=1S/C27H31NO5Se/c1-27(2,3)33-26(30)28-22-19(17-12-8-6-9-13-17)16-20(25(29)32-5)21(24(28)31-4)23(22)34-18-14-10-7-11-15-18/h6-16,19,21-24H,1-5H3/t19-,21+,22-,23+,24-/m0/s1. The van der Waals surface area contributed by atoms with E-state index in [9.17, 15) is 9.59 Å². The Labute approximate surface area is 207 Å². The van der Waals surface area contributed by atoms with Crippen LogP contribution in [0, 0.1) is 5.92 Å². The van der Waals surface area contributed by atoms with Gasteiger partial charge in [-0.1, -0.05) is 0 Å². The molecule has 2 aromatic rings. The summed E-state index contributed by atoms with van der Waals surface area (Å²) in [5.74, 6) is -0.892. The van der Waals surface area contributed by atoms with Crippen LogP contribution < -0.4 is 4.46 Å². The number of hydrogen-bond acceptors (Lipinski definition) is 5. The normalized spacial score (nSPS) is 26.1. The summed E-state index contributed by atoms with van der Waals surface area (Å²) in [5, 5.41) is 0. The second-order valence-corrected chi connectivity index (χ2v) is 12.1. The first-order valence-electron chi connectivity index (χ1n) is 11.4. The number of esters is 1. The molecule has 2 aliphatic rings. The summed E-state index contributed by atoms with van der Waals surface area (Å²) in [6.07, 6.45) is 0.917. The number of amides is 1. The maximum absolute atomic E-state index is 13.6. The quantitative estimate of drug-likeness (QED) is 0.435. The zero-order chi connectivity index (χ0) is 24.5. The molecule has 0 saturated carbocycles. The van der Waals surface area contributed by atoms with Gasteiger partial charge in [0.15, 0.2) is 0 Å². The third-order valence-corrected chi connectivity index (χ3v) is 9.06. The van der Waals surface area contributed by atoms with E-state index in [-0.39, 0.29) is 43.6 Å². The molecule has 2 bridgehead atoms. The molecule has 4 rings (SSSR count). The van der Waals surface area contributed by atoms with E-state index in [4.69, 9.17) is 14.2 Å². The van der Waals surface area contributed by atoms with Gasteiger partial charge in [-0.15, -0.1) is 0 Å². The van der Waals surface area contributed by atoms with Gasteiger partial charge in [0.25, 0.3) is 0 Å². The van der Waals surface area contributed by atoms with Crippen LogP contribution in [0.25, 0.3) is 0 Å². The molecule has 0 N–H and O–H groups in total. The van der Waals surface area contributed by atoms with Gasteiger partial charge in [-0.2, -0.15) is 0 Å². The molecule has 2 aromatic carbocycles. The van der Waals surface area contributed by atoms with Gasteiger partial charge in [-0.05, 0) is 0 Å². The predicted molar refractivity (Wildman–Crippen MR) is 131 cm³/mol. The number of carbonyl (C=O) groups excluding carboxylic acids is 2. The number of carbonyl (C=O) groups is 2. The molecule has 1 heterocycles. The van der Waals surface area contributed by atoms with Crippen LogP contribution in [0.1, 0.15) is 32.3 Å². The van der Waals surface area contributed by atoms with Crippen molar-refractivity contribution in [1.29, 1.82) is 0 Å². The van der Waals surface area contributed by atoms with E-state index < -0.39 is 17.9 Å². The van der Waals surface area contributed by atoms with E-state index in [0.717, 1.165) is 5.56 Å². The Hall–Kier alpha value is -2.60. The number of hydrogen-bond donors (Lipinski definition) is 0. The molecule has 0 aromatic heterocycles. The Morgan fingerprint density at radius 1 is 0.941 bits per heavy atom. The number of fused-ring (bicyclic) bond motifs is 2. The van der Waals surface area contributed by atoms with Crippen molar-refractivity contribution >= 4 is 31.5 Å². The first-order chi connectivity index (χ1) is 16.2. The minimum absolute atomic E-state index is 0.00308. The van der Waals surface area contributed by atoms with Crippen LogP contribution >= 0.6 is 0 Å². The number of benzene rings is 2. The van der Waals surface area contributed by atoms with Crippen molar-refractivity contribution in [3.8, 4) is 0 Å². The van der Waals surface area contributed by atoms with Crippen LogP contribution in [-0.4, -0.2) is 64.0 Å². The van der Waals surface area contributed by atoms with Gasteiger partial charge in [-0.25, -0.2) is 0 Å². The topological polar surface area (TPSA) is 65.1 Å². The molecule has 7 heteroatoms. The molecular weight excluding hydrogens is 497 g/mol. The molecule has 1 fully saturated rings. The molecule has 0 spiro atoms. The molecule has 180 valence electrons. The SMILES string of the molecule is COC(=O)C1=C[C@@H](c2ccccc2)[C@H]2[C@H]([Se]c3ccccc3)[C@@H]1[C@H](OC)N2C(=O)OC(C)(C)C. The molecule has 6 nitrogen and oxygen atoms in total. The van der Waals surface area contributed by atoms with E-state index in [2.05, 4.69) is 12.1 Å². The molecule has 1 aliphatic heterocycles. The molecule has 0 unspecified atom stereocenters. The van der Waals surface area contributed by atoms with Crippen molar-refractivity contribution < 1.29 is 23.8 Å². The average Bonchev–Trinajstić information content (AvgIpc) is 3.03. The molecule has 1 aliphatic carbocycles. The van der Waals surface area contributed by atoms with Crippen LogP contribution in [0.15, 0.2) is 72.3 Å². The van der Waals surface area contributed by atoms with Gasteiger partial charge in [0, 0.05) is 0 Å². The monoisotopic (exact) mass is 529 g/mol. The number of likely N-dealkylation sites (tertiary alicyclic amines) is 1. The van der Waals surface area contributed by atoms with E-state index in [1.54, 1.807) is 12.0 Å². The number of rotatable bonds is 5. The predicted octanol–water partition coefficient (Wildman–Crippen LogP) is 3.91. The Bertz CT molecular complexity index is 1050. The minimum atomic E-state index is -0.660. The Balaban J connectivity index is 1.87. The fourth-order valence-electron chi connectivity index (χ4n) is 4.88. The average molecular weight is 529 g/mol. The van der Waals surface area contributed by atoms with E-state index >= 15 is 0 Å². The Morgan fingerprint density at radius 2 is 1.56 bits per heavy atom. The number of ether oxygens (including phenoxy) is 3. The Morgan fingerprint density at radius 3 is 2.12 bits per heavy atom. The van der Waals surface area contributed by atoms with Crippen molar-refractivity contribution in [2.75, 3.05) is 14.2 Å². The summed E-state index contributed by atoms with van der Waals surface area (Å²) >= 11 is -0.0370. The van der Waals surface area contributed by atoms with Gasteiger partial charge in [-0.3, -0.25) is 0 Å². The van der Waals surface area contributed by atoms with Crippen molar-refractivity contribution in [1.82, 2.24) is 4.90 Å². The van der Waals surface area contributed by atoms with Crippen LogP contribution in [0.5, 0.6) is 0 Å². The van der Waals surface area contributed by atoms with Crippen LogP contribution in [0.2, 0.25) is 4.82 Å². The van der Waals surface area contributed by atoms with Crippen LogP contribution in [-0.2, 0) is 19.0 Å². The fraction of sp³-hybridized carbons (Fsp3) is 0.407. The van der Waals surface area contributed by atoms with Crippen molar-refractivity contribution in [3.05, 3.63) is 77.9 Å². The van der Waals surface area contributed by atoms with E-state index in [1.165, 1.54) is 11.6 Å². The van der Waals surface area contributed by atoms with Crippen LogP contribution in [0.4, 0.5) is 4.79 Å². The van der Waals surface area contributed by atoms with E-state index in [0.29, 0.717) is 5.57 Å². The van der Waals surface area contributed by atoms with Crippen molar-refractivity contribution in [2.45, 2.75) is 49.4 Å². The Kier molecular flexibility index (Phi) is 7.17. The number of methoxy groups -OCH3 is 2. The summed E-state index contributed by atoms with van der Waals surface area (Å²) in [5.41, 5.74) is 0.937. The van der Waals surface area contributed by atoms with Gasteiger partial charge < -0.3 is 0 Å². The van der Waals surface area contributed by atoms with E-state index in [1.807, 2.05) is 75.4 Å². The second-order valence-electron chi connectivity index (χ2n) is 9.48. The third kappa shape index (κ3) is 4.78. The summed E-state index contributed by atoms with van der Waals surface area (Å²) in [6, 6.07) is 20.0. The summed E-state index contributed by atoms with van der Waals surface area (Å²) in [6.45, 7) is 5.56. The van der Waals surface area contributed by atoms with Gasteiger partial charge in [0.1, 0.15) is 0 Å². The van der Waals surface area contributed by atoms with Gasteiger partial charge in [0.05, 0.1) is 0 Å². The summed E-state index contributed by atoms with van der Waals surface area (Å²) < 4.78 is 18.2. The summed E-state index contributed by atoms with van der Waals surface area (Å²) in [7, 11) is 2.98. The number of nitrogens with zero attached hydrogens (tertiary/aromatic N) is 1. The molecule has 1 saturated heterocycles. The fourth-order valence-corrected chi connectivity index (χ4v) is 8.02. The third-order valence-electron chi connectivity index (χ3n) is 6.15. The molecule has 5 atom stereocenters. The van der Waals surface area contributed by atoms with Gasteiger partial charge >= 0.3 is 208 Å². The molecule has 34 heavy (non-hydrogen) atoms. The van der Waals surface area contributed by atoms with Crippen LogP contribution in [0.3, 0.4) is 0 Å². The van der Waals surface area contributed by atoms with Crippen molar-refractivity contribution in [2.24, 2.45) is 5.92 Å². The zero-order valence-electron chi connectivity index (χ0n) is 20.1. The first kappa shape index (κ1) is 24.5. The zero-order valence-corrected chi connectivity index (χ0v) is 21.8.